The average Bonchev–Trinajstić information content (AvgIpc) is 3.14. The third kappa shape index (κ3) is 6.31. The molecule has 51 heavy (non-hydrogen) atoms. The highest BCUT2D eigenvalue weighted by molar-refractivity contribution is 5.76. The van der Waals surface area contributed by atoms with Gasteiger partial charge in [-0.1, -0.05) is 25.1 Å². The molecule has 0 aromatic heterocycles. The molecule has 0 radical (unpaired) electrons. The lowest BCUT2D eigenvalue weighted by atomic mass is 9.86. The van der Waals surface area contributed by atoms with E-state index in [-0.39, 0.29) is 18.1 Å². The number of hydrogen-bond acceptors (Lipinski definition) is 8. The molecule has 4 aromatic carbocycles. The molecule has 0 spiro atoms. The van der Waals surface area contributed by atoms with Crippen molar-refractivity contribution in [2.24, 2.45) is 0 Å². The van der Waals surface area contributed by atoms with Crippen LogP contribution in [0.5, 0.6) is 46.0 Å². The van der Waals surface area contributed by atoms with E-state index in [1.54, 1.807) is 14.2 Å². The van der Waals surface area contributed by atoms with E-state index in [0.29, 0.717) is 66.2 Å². The van der Waals surface area contributed by atoms with Gasteiger partial charge in [0.2, 0.25) is 5.75 Å². The molecule has 9 rings (SSSR count). The smallest absolute Gasteiger partial charge is 0.317 e. The van der Waals surface area contributed by atoms with E-state index in [0.717, 1.165) is 66.9 Å². The highest BCUT2D eigenvalue weighted by atomic mass is 16.6. The Hall–Kier alpha value is -4.93. The maximum absolute atomic E-state index is 13.9. The van der Waals surface area contributed by atoms with Gasteiger partial charge in [-0.2, -0.15) is 0 Å². The van der Waals surface area contributed by atoms with Crippen LogP contribution in [0.15, 0.2) is 60.7 Å². The lowest BCUT2D eigenvalue weighted by Gasteiger charge is -2.39. The number of carbonyl (C=O) groups excluding carboxylic acids is 1. The van der Waals surface area contributed by atoms with Crippen LogP contribution in [0.4, 0.5) is 4.79 Å². The molecular formula is C41H46N4O6. The van der Waals surface area contributed by atoms with Crippen molar-refractivity contribution in [3.63, 3.8) is 0 Å². The summed E-state index contributed by atoms with van der Waals surface area (Å²) in [6.07, 6.45) is 3.96. The fourth-order valence-corrected chi connectivity index (χ4v) is 7.94. The summed E-state index contributed by atoms with van der Waals surface area (Å²) >= 11 is 0. The van der Waals surface area contributed by atoms with Crippen molar-refractivity contribution in [1.29, 1.82) is 0 Å². The van der Waals surface area contributed by atoms with Gasteiger partial charge in [0.25, 0.3) is 0 Å². The molecule has 5 aliphatic heterocycles. The van der Waals surface area contributed by atoms with E-state index < -0.39 is 0 Å². The zero-order chi connectivity index (χ0) is 35.1. The summed E-state index contributed by atoms with van der Waals surface area (Å²) in [7, 11) is 5.51. The number of methoxy groups -OCH3 is 2. The maximum atomic E-state index is 13.9. The predicted molar refractivity (Wildman–Crippen MR) is 195 cm³/mol. The van der Waals surface area contributed by atoms with Crippen LogP contribution in [0.1, 0.15) is 58.8 Å². The van der Waals surface area contributed by atoms with E-state index in [1.165, 1.54) is 11.1 Å². The summed E-state index contributed by atoms with van der Waals surface area (Å²) in [5.41, 5.74) is 6.71. The third-order valence-electron chi connectivity index (χ3n) is 10.6. The van der Waals surface area contributed by atoms with E-state index in [9.17, 15) is 4.79 Å². The summed E-state index contributed by atoms with van der Waals surface area (Å²) < 4.78 is 31.8. The van der Waals surface area contributed by atoms with Crippen molar-refractivity contribution in [3.8, 4) is 46.0 Å². The van der Waals surface area contributed by atoms with Gasteiger partial charge in [-0.15, -0.1) is 0 Å². The minimum atomic E-state index is -0.259. The lowest BCUT2D eigenvalue weighted by molar-refractivity contribution is 0.168. The van der Waals surface area contributed by atoms with Gasteiger partial charge in [-0.3, -0.25) is 4.90 Å². The van der Waals surface area contributed by atoms with Crippen molar-refractivity contribution < 1.29 is 28.5 Å². The van der Waals surface area contributed by atoms with Crippen molar-refractivity contribution >= 4 is 6.03 Å². The summed E-state index contributed by atoms with van der Waals surface area (Å²) in [6.45, 7) is 5.81. The Morgan fingerprint density at radius 3 is 2.31 bits per heavy atom. The van der Waals surface area contributed by atoms with Gasteiger partial charge in [-0.05, 0) is 116 Å². The van der Waals surface area contributed by atoms with E-state index in [1.807, 2.05) is 29.2 Å². The first kappa shape index (κ1) is 33.2. The third-order valence-corrected chi connectivity index (χ3v) is 10.6. The Kier molecular flexibility index (Phi) is 9.12. The number of likely N-dealkylation sites (N-methyl/N-ethyl adjacent to an activating group) is 1. The van der Waals surface area contributed by atoms with Crippen LogP contribution in [0.25, 0.3) is 0 Å². The molecule has 2 atom stereocenters. The molecule has 0 aliphatic carbocycles. The molecular weight excluding hydrogens is 644 g/mol. The minimum Gasteiger partial charge on any atom is -0.493 e. The summed E-state index contributed by atoms with van der Waals surface area (Å²) in [5.74, 6) is 5.29. The molecule has 2 amide bonds. The van der Waals surface area contributed by atoms with Gasteiger partial charge in [0.1, 0.15) is 5.75 Å². The number of ether oxygens (including phenoxy) is 5. The van der Waals surface area contributed by atoms with Crippen LogP contribution in [0.3, 0.4) is 0 Å². The van der Waals surface area contributed by atoms with Crippen molar-refractivity contribution in [2.75, 3.05) is 54.0 Å². The number of hydrogen-bond donors (Lipinski definition) is 2. The molecule has 4 aromatic rings. The number of nitrogens with zero attached hydrogens (tertiary/aromatic N) is 2. The van der Waals surface area contributed by atoms with Crippen molar-refractivity contribution in [3.05, 3.63) is 94.0 Å². The molecule has 5 heterocycles. The normalized spacial score (nSPS) is 18.5. The average molecular weight is 691 g/mol. The number of amides is 2. The lowest BCUT2D eigenvalue weighted by Crippen LogP contribution is -2.47. The standard InChI is InChI=1S/C41H46N4O6/c1-5-14-42-15-16-43-41(46)45-18-13-27-22-35-36-24-30(27)31(45)20-26-8-11-33(47-3)34(21-26)49-29-9-6-25(7-10-29)19-32-38-28(12-17-44(32)2)23-37(48-4)39(50-35)40(38)51-36/h6-11,21-24,31-32,42H,5,12-20H2,1-4H3,(H,43,46). The Bertz CT molecular complexity index is 1950. The number of benzene rings is 4. The SMILES string of the molecule is CCCNCCNC(=O)N1CCc2cc3c4cc2C1Cc1ccc(OC)c(c1)Oc1ccc(cc1)CC1c2c(cc(OC)c(c2O4)O3)CCN1C. The first-order valence-corrected chi connectivity index (χ1v) is 18.1. The summed E-state index contributed by atoms with van der Waals surface area (Å²) in [4.78, 5) is 18.2. The Labute approximate surface area is 299 Å². The highest BCUT2D eigenvalue weighted by Gasteiger charge is 2.38. The second kappa shape index (κ2) is 14.0. The molecule has 0 saturated heterocycles. The van der Waals surface area contributed by atoms with Crippen molar-refractivity contribution in [2.45, 2.75) is 51.1 Å². The van der Waals surface area contributed by atoms with Crippen LogP contribution < -0.4 is 34.3 Å². The second-order valence-electron chi connectivity index (χ2n) is 13.8. The first-order valence-electron chi connectivity index (χ1n) is 18.1. The van der Waals surface area contributed by atoms with Crippen molar-refractivity contribution in [1.82, 2.24) is 20.4 Å². The Morgan fingerprint density at radius 2 is 1.51 bits per heavy atom. The quantitative estimate of drug-likeness (QED) is 0.172. The molecule has 5 aliphatic rings. The summed E-state index contributed by atoms with van der Waals surface area (Å²) in [6, 6.07) is 20.3. The molecule has 0 fully saturated rings. The monoisotopic (exact) mass is 690 g/mol. The molecule has 2 N–H and O–H groups in total. The van der Waals surface area contributed by atoms with Gasteiger partial charge in [0.05, 0.1) is 20.3 Å². The number of urea groups is 1. The topological polar surface area (TPSA) is 93.8 Å². The van der Waals surface area contributed by atoms with E-state index in [4.69, 9.17) is 23.7 Å². The van der Waals surface area contributed by atoms with Crippen LogP contribution in [-0.2, 0) is 25.7 Å². The maximum Gasteiger partial charge on any atom is 0.317 e. The molecule has 0 saturated carbocycles. The van der Waals surface area contributed by atoms with Crippen LogP contribution in [0.2, 0.25) is 0 Å². The fourth-order valence-electron chi connectivity index (χ4n) is 7.94. The summed E-state index contributed by atoms with van der Waals surface area (Å²) in [5, 5.41) is 6.54. The number of rotatable bonds is 7. The largest absolute Gasteiger partial charge is 0.493 e. The second-order valence-corrected chi connectivity index (χ2v) is 13.8. The number of carbonyl (C=O) groups is 1. The zero-order valence-electron chi connectivity index (χ0n) is 29.8. The number of nitrogens with one attached hydrogen (secondary N) is 2. The van der Waals surface area contributed by atoms with E-state index in [2.05, 4.69) is 65.9 Å². The zero-order valence-corrected chi connectivity index (χ0v) is 29.8. The van der Waals surface area contributed by atoms with Gasteiger partial charge in [0.15, 0.2) is 34.5 Å². The molecule has 10 heteroatoms. The Morgan fingerprint density at radius 1 is 0.765 bits per heavy atom. The first-order chi connectivity index (χ1) is 24.9. The van der Waals surface area contributed by atoms with Crippen LogP contribution in [0, 0.1) is 0 Å². The fraction of sp³-hybridized carbons (Fsp3) is 0.390. The molecule has 10 nitrogen and oxygen atoms in total. The van der Waals surface area contributed by atoms with E-state index >= 15 is 0 Å². The van der Waals surface area contributed by atoms with Gasteiger partial charge in [0, 0.05) is 37.8 Å². The molecule has 2 unspecified atom stereocenters. The minimum absolute atomic E-state index is 0.0531. The Balaban J connectivity index is 1.26. The van der Waals surface area contributed by atoms with Gasteiger partial charge in [-0.25, -0.2) is 4.79 Å². The highest BCUT2D eigenvalue weighted by Crippen LogP contribution is 2.56. The van der Waals surface area contributed by atoms with Crippen LogP contribution >= 0.6 is 0 Å². The molecule has 7 bridgehead atoms. The van der Waals surface area contributed by atoms with Gasteiger partial charge >= 0.3 is 6.03 Å². The number of fused-ring (bicyclic) bond motifs is 2. The van der Waals surface area contributed by atoms with Gasteiger partial charge < -0.3 is 39.2 Å². The van der Waals surface area contributed by atoms with Crippen LogP contribution in [-0.4, -0.2) is 69.8 Å². The predicted octanol–water partition coefficient (Wildman–Crippen LogP) is 7.33. The molecule has 266 valence electrons.